The first kappa shape index (κ1) is 23.3. The minimum atomic E-state index is -1.41. The van der Waals surface area contributed by atoms with E-state index in [0.717, 1.165) is 0 Å². The Morgan fingerprint density at radius 3 is 1.92 bits per heavy atom. The molecule has 9 N–H and O–H groups in total. The molecule has 11 nitrogen and oxygen atoms in total. The number of carbonyl (C=O) groups excluding carboxylic acids is 4. The third kappa shape index (κ3) is 8.42. The molecule has 0 spiro atoms. The summed E-state index contributed by atoms with van der Waals surface area (Å²) in [4.78, 5) is 57.6. The molecule has 0 saturated heterocycles. The Labute approximate surface area is 151 Å². The second kappa shape index (κ2) is 11.0. The Hall–Kier alpha value is -2.69. The molecule has 0 aromatic rings. The third-order valence-electron chi connectivity index (χ3n) is 3.89. The van der Waals surface area contributed by atoms with Crippen LogP contribution in [0.5, 0.6) is 0 Å². The molecule has 0 rings (SSSR count). The Balaban J connectivity index is 5.11. The number of primary amides is 2. The fraction of sp³-hybridized carbons (Fsp3) is 0.667. The van der Waals surface area contributed by atoms with Crippen molar-refractivity contribution in [3.8, 4) is 0 Å². The largest absolute Gasteiger partial charge is 0.480 e. The quantitative estimate of drug-likeness (QED) is 0.217. The molecule has 4 atom stereocenters. The van der Waals surface area contributed by atoms with Crippen molar-refractivity contribution < 1.29 is 29.1 Å². The molecule has 26 heavy (non-hydrogen) atoms. The summed E-state index contributed by atoms with van der Waals surface area (Å²) in [6.07, 6.45) is -0.411. The van der Waals surface area contributed by atoms with Gasteiger partial charge in [0.1, 0.15) is 12.1 Å². The van der Waals surface area contributed by atoms with E-state index in [2.05, 4.69) is 10.6 Å². The monoisotopic (exact) mass is 373 g/mol. The van der Waals surface area contributed by atoms with Crippen molar-refractivity contribution in [3.05, 3.63) is 0 Å². The van der Waals surface area contributed by atoms with E-state index in [4.69, 9.17) is 22.3 Å². The van der Waals surface area contributed by atoms with Crippen LogP contribution in [0.3, 0.4) is 0 Å². The number of carboxylic acids is 1. The third-order valence-corrected chi connectivity index (χ3v) is 3.89. The average molecular weight is 373 g/mol. The lowest BCUT2D eigenvalue weighted by atomic mass is 9.99. The van der Waals surface area contributed by atoms with Gasteiger partial charge in [0.05, 0.1) is 12.5 Å². The molecule has 0 aliphatic carbocycles. The molecule has 4 unspecified atom stereocenters. The highest BCUT2D eigenvalue weighted by atomic mass is 16.4. The van der Waals surface area contributed by atoms with E-state index in [1.165, 1.54) is 0 Å². The number of nitrogens with two attached hydrogens (primary N) is 3. The molecule has 0 heterocycles. The molecule has 0 aromatic carbocycles. The highest BCUT2D eigenvalue weighted by molar-refractivity contribution is 5.94. The maximum atomic E-state index is 12.3. The summed E-state index contributed by atoms with van der Waals surface area (Å²) in [6.45, 7) is 3.58. The molecular formula is C15H27N5O6. The Bertz CT molecular complexity index is 553. The highest BCUT2D eigenvalue weighted by Crippen LogP contribution is 2.06. The Kier molecular flexibility index (Phi) is 9.89. The zero-order valence-electron chi connectivity index (χ0n) is 14.9. The van der Waals surface area contributed by atoms with Gasteiger partial charge in [0, 0.05) is 6.42 Å². The van der Waals surface area contributed by atoms with Gasteiger partial charge in [-0.1, -0.05) is 20.3 Å². The van der Waals surface area contributed by atoms with Gasteiger partial charge in [0.15, 0.2) is 0 Å². The van der Waals surface area contributed by atoms with Crippen LogP contribution in [-0.2, 0) is 24.0 Å². The van der Waals surface area contributed by atoms with Crippen LogP contribution in [-0.4, -0.2) is 52.8 Å². The van der Waals surface area contributed by atoms with E-state index in [1.807, 2.05) is 6.92 Å². The molecule has 0 radical (unpaired) electrons. The minimum Gasteiger partial charge on any atom is -0.480 e. The van der Waals surface area contributed by atoms with Crippen molar-refractivity contribution in [2.45, 2.75) is 57.7 Å². The summed E-state index contributed by atoms with van der Waals surface area (Å²) in [5.41, 5.74) is 15.8. The summed E-state index contributed by atoms with van der Waals surface area (Å²) in [5, 5.41) is 13.6. The number of aliphatic carboxylic acids is 1. The predicted octanol–water partition coefficient (Wildman–Crippen LogP) is -2.45. The van der Waals surface area contributed by atoms with Gasteiger partial charge in [-0.05, 0) is 12.3 Å². The first-order valence-corrected chi connectivity index (χ1v) is 8.15. The fourth-order valence-corrected chi connectivity index (χ4v) is 2.01. The summed E-state index contributed by atoms with van der Waals surface area (Å²) < 4.78 is 0. The molecule has 4 amide bonds. The van der Waals surface area contributed by atoms with Crippen LogP contribution in [0, 0.1) is 5.92 Å². The maximum absolute atomic E-state index is 12.3. The molecule has 11 heteroatoms. The lowest BCUT2D eigenvalue weighted by Crippen LogP contribution is -2.56. The second-order valence-corrected chi connectivity index (χ2v) is 6.05. The van der Waals surface area contributed by atoms with E-state index in [-0.39, 0.29) is 18.8 Å². The van der Waals surface area contributed by atoms with Gasteiger partial charge in [0.25, 0.3) is 0 Å². The summed E-state index contributed by atoms with van der Waals surface area (Å²) in [5.74, 6) is -4.75. The van der Waals surface area contributed by atoms with Gasteiger partial charge in [-0.2, -0.15) is 0 Å². The van der Waals surface area contributed by atoms with Crippen molar-refractivity contribution in [1.82, 2.24) is 10.6 Å². The van der Waals surface area contributed by atoms with Gasteiger partial charge >= 0.3 is 5.97 Å². The van der Waals surface area contributed by atoms with Crippen LogP contribution in [0.25, 0.3) is 0 Å². The van der Waals surface area contributed by atoms with E-state index >= 15 is 0 Å². The zero-order valence-corrected chi connectivity index (χ0v) is 14.9. The molecule has 148 valence electrons. The zero-order chi connectivity index (χ0) is 20.4. The summed E-state index contributed by atoms with van der Waals surface area (Å²) in [7, 11) is 0. The lowest BCUT2D eigenvalue weighted by molar-refractivity contribution is -0.142. The van der Waals surface area contributed by atoms with E-state index in [9.17, 15) is 24.0 Å². The van der Waals surface area contributed by atoms with Crippen LogP contribution in [0.1, 0.15) is 39.5 Å². The maximum Gasteiger partial charge on any atom is 0.326 e. The molecule has 0 saturated carbocycles. The van der Waals surface area contributed by atoms with Crippen molar-refractivity contribution >= 4 is 29.6 Å². The van der Waals surface area contributed by atoms with Crippen LogP contribution in [0.15, 0.2) is 0 Å². The second-order valence-electron chi connectivity index (χ2n) is 6.05. The molecule has 0 aliphatic heterocycles. The first-order valence-electron chi connectivity index (χ1n) is 8.15. The number of amides is 4. The number of carboxylic acid groups (broad SMARTS) is 1. The van der Waals surface area contributed by atoms with Gasteiger partial charge in [-0.3, -0.25) is 19.2 Å². The topological polar surface area (TPSA) is 208 Å². The van der Waals surface area contributed by atoms with Crippen LogP contribution >= 0.6 is 0 Å². The predicted molar refractivity (Wildman–Crippen MR) is 91.2 cm³/mol. The van der Waals surface area contributed by atoms with E-state index < -0.39 is 54.1 Å². The Morgan fingerprint density at radius 2 is 1.50 bits per heavy atom. The molecule has 0 aromatic heterocycles. The number of hydrogen-bond donors (Lipinski definition) is 6. The molecule has 0 aliphatic rings. The summed E-state index contributed by atoms with van der Waals surface area (Å²) in [6, 6.07) is -3.70. The normalized spacial score (nSPS) is 15.2. The highest BCUT2D eigenvalue weighted by Gasteiger charge is 2.30. The minimum absolute atomic E-state index is 0.172. The average Bonchev–Trinajstić information content (AvgIpc) is 2.55. The van der Waals surface area contributed by atoms with Crippen molar-refractivity contribution in [3.63, 3.8) is 0 Å². The van der Waals surface area contributed by atoms with Crippen LogP contribution in [0.2, 0.25) is 0 Å². The van der Waals surface area contributed by atoms with E-state index in [0.29, 0.717) is 6.42 Å². The summed E-state index contributed by atoms with van der Waals surface area (Å²) >= 11 is 0. The van der Waals surface area contributed by atoms with Crippen LogP contribution in [0.4, 0.5) is 0 Å². The first-order chi connectivity index (χ1) is 12.0. The molecular weight excluding hydrogens is 346 g/mol. The number of hydrogen-bond acceptors (Lipinski definition) is 6. The van der Waals surface area contributed by atoms with Crippen molar-refractivity contribution in [1.29, 1.82) is 0 Å². The smallest absolute Gasteiger partial charge is 0.326 e. The SMILES string of the molecule is CCC(C)C(N)C(=O)NC(CC(N)=O)C(=O)NC(CCC(N)=O)C(=O)O. The number of carbonyl (C=O) groups is 5. The van der Waals surface area contributed by atoms with Crippen molar-refractivity contribution in [2.75, 3.05) is 0 Å². The van der Waals surface area contributed by atoms with Gasteiger partial charge in [0.2, 0.25) is 23.6 Å². The number of rotatable bonds is 12. The van der Waals surface area contributed by atoms with Gasteiger partial charge in [-0.15, -0.1) is 0 Å². The van der Waals surface area contributed by atoms with Gasteiger partial charge in [-0.25, -0.2) is 4.79 Å². The fourth-order valence-electron chi connectivity index (χ4n) is 2.01. The Morgan fingerprint density at radius 1 is 0.962 bits per heavy atom. The van der Waals surface area contributed by atoms with E-state index in [1.54, 1.807) is 6.92 Å². The standard InChI is InChI=1S/C15H27N5O6/c1-3-7(2)12(18)14(24)20-9(6-11(17)22)13(23)19-8(15(25)26)4-5-10(16)21/h7-9,12H,3-6,18H2,1-2H3,(H2,16,21)(H2,17,22)(H,19,23)(H,20,24)(H,25,26). The van der Waals surface area contributed by atoms with Crippen molar-refractivity contribution in [2.24, 2.45) is 23.1 Å². The lowest BCUT2D eigenvalue weighted by Gasteiger charge is -2.23. The molecule has 0 fully saturated rings. The molecule has 0 bridgehead atoms. The van der Waals surface area contributed by atoms with Crippen LogP contribution < -0.4 is 27.8 Å². The van der Waals surface area contributed by atoms with Gasteiger partial charge < -0.3 is 32.9 Å². The number of nitrogens with one attached hydrogen (secondary N) is 2.